The van der Waals surface area contributed by atoms with Crippen LogP contribution >= 0.6 is 0 Å². The Labute approximate surface area is 117 Å². The molecule has 1 N–H and O–H groups in total. The minimum Gasteiger partial charge on any atom is -0.295 e. The van der Waals surface area contributed by atoms with Gasteiger partial charge in [0.25, 0.3) is 0 Å². The molecule has 0 saturated heterocycles. The van der Waals surface area contributed by atoms with Gasteiger partial charge in [0.2, 0.25) is 0 Å². The summed E-state index contributed by atoms with van der Waals surface area (Å²) >= 11 is 0. The molecule has 0 bridgehead atoms. The van der Waals surface area contributed by atoms with Gasteiger partial charge < -0.3 is 0 Å². The van der Waals surface area contributed by atoms with Crippen LogP contribution in [-0.4, -0.2) is 16.0 Å². The molecule has 0 heterocycles. The first-order valence-electron chi connectivity index (χ1n) is 6.09. The summed E-state index contributed by atoms with van der Waals surface area (Å²) in [7, 11) is -1.33. The summed E-state index contributed by atoms with van der Waals surface area (Å²) in [5.74, 6) is -0.0727. The highest BCUT2D eigenvalue weighted by Crippen LogP contribution is 2.08. The highest BCUT2D eigenvalue weighted by atomic mass is 32.2. The summed E-state index contributed by atoms with van der Waals surface area (Å²) in [6.45, 7) is 7.28. The molecular formula is C15H19NO2S. The molecule has 1 unspecified atom stereocenters. The van der Waals surface area contributed by atoms with Crippen LogP contribution in [0.5, 0.6) is 0 Å². The van der Waals surface area contributed by atoms with E-state index in [2.05, 4.69) is 11.3 Å². The lowest BCUT2D eigenvalue weighted by molar-refractivity contribution is -0.114. The smallest absolute Gasteiger partial charge is 0.157 e. The topological polar surface area (TPSA) is 46.2 Å². The molecule has 0 aliphatic carbocycles. The van der Waals surface area contributed by atoms with Gasteiger partial charge in [-0.2, -0.15) is 0 Å². The standard InChI is InChI=1S/C15H19NO2S/c1-4-6-13(11-14(17)5-2)16-19(18)15-9-7-12(3)8-10-15/h4-10,13,16H,2,11H2,1,3H3/b6-4+/t13-,19?/m0/s1. The van der Waals surface area contributed by atoms with E-state index in [4.69, 9.17) is 0 Å². The zero-order valence-corrected chi connectivity index (χ0v) is 12.1. The number of nitrogens with one attached hydrogen (secondary N) is 1. The van der Waals surface area contributed by atoms with Crippen LogP contribution in [0.2, 0.25) is 0 Å². The number of hydrogen-bond donors (Lipinski definition) is 1. The van der Waals surface area contributed by atoms with Crippen LogP contribution < -0.4 is 4.72 Å². The van der Waals surface area contributed by atoms with E-state index in [1.807, 2.05) is 50.3 Å². The van der Waals surface area contributed by atoms with Gasteiger partial charge in [0.05, 0.1) is 4.90 Å². The maximum atomic E-state index is 12.1. The molecule has 0 radical (unpaired) electrons. The fraction of sp³-hybridized carbons (Fsp3) is 0.267. The number of aryl methyl sites for hydroxylation is 1. The van der Waals surface area contributed by atoms with Crippen molar-refractivity contribution in [3.05, 3.63) is 54.6 Å². The molecule has 0 spiro atoms. The van der Waals surface area contributed by atoms with Crippen molar-refractivity contribution in [2.45, 2.75) is 31.2 Å². The molecule has 1 aromatic rings. The lowest BCUT2D eigenvalue weighted by Crippen LogP contribution is -2.31. The Hall–Kier alpha value is -1.52. The number of benzene rings is 1. The van der Waals surface area contributed by atoms with Crippen molar-refractivity contribution in [1.29, 1.82) is 0 Å². The quantitative estimate of drug-likeness (QED) is 0.615. The minimum absolute atomic E-state index is 0.0727. The molecular weight excluding hydrogens is 258 g/mol. The molecule has 0 aliphatic heterocycles. The first kappa shape index (κ1) is 15.5. The van der Waals surface area contributed by atoms with Crippen molar-refractivity contribution in [3.8, 4) is 0 Å². The minimum atomic E-state index is -1.33. The zero-order valence-electron chi connectivity index (χ0n) is 11.3. The third-order valence-electron chi connectivity index (χ3n) is 2.57. The van der Waals surface area contributed by atoms with Gasteiger partial charge in [-0.1, -0.05) is 36.4 Å². The Kier molecular flexibility index (Phi) is 6.39. The third-order valence-corrected chi connectivity index (χ3v) is 3.78. The van der Waals surface area contributed by atoms with Crippen LogP contribution in [0.15, 0.2) is 54.0 Å². The number of ketones is 1. The summed E-state index contributed by atoms with van der Waals surface area (Å²) in [5, 5.41) is 0. The maximum absolute atomic E-state index is 12.1. The maximum Gasteiger partial charge on any atom is 0.157 e. The summed E-state index contributed by atoms with van der Waals surface area (Å²) in [6, 6.07) is 7.21. The zero-order chi connectivity index (χ0) is 14.3. The monoisotopic (exact) mass is 277 g/mol. The second kappa shape index (κ2) is 7.81. The summed E-state index contributed by atoms with van der Waals surface area (Å²) < 4.78 is 15.1. The first-order chi connectivity index (χ1) is 9.06. The number of carbonyl (C=O) groups is 1. The van der Waals surface area contributed by atoms with E-state index in [-0.39, 0.29) is 18.2 Å². The first-order valence-corrected chi connectivity index (χ1v) is 7.24. The molecule has 0 amide bonds. The Morgan fingerprint density at radius 3 is 2.58 bits per heavy atom. The second-order valence-electron chi connectivity index (χ2n) is 4.21. The fourth-order valence-electron chi connectivity index (χ4n) is 1.55. The second-order valence-corrected chi connectivity index (χ2v) is 5.45. The van der Waals surface area contributed by atoms with Gasteiger partial charge in [0.1, 0.15) is 11.0 Å². The number of rotatable bonds is 7. The van der Waals surface area contributed by atoms with Crippen molar-refractivity contribution < 1.29 is 9.00 Å². The van der Waals surface area contributed by atoms with E-state index in [1.54, 1.807) is 0 Å². The van der Waals surface area contributed by atoms with E-state index in [0.717, 1.165) is 5.56 Å². The van der Waals surface area contributed by atoms with Crippen LogP contribution in [0.3, 0.4) is 0 Å². The van der Waals surface area contributed by atoms with Gasteiger partial charge in [0, 0.05) is 12.5 Å². The van der Waals surface area contributed by atoms with Crippen LogP contribution in [0.4, 0.5) is 0 Å². The molecule has 0 aromatic heterocycles. The lowest BCUT2D eigenvalue weighted by atomic mass is 10.1. The Balaban J connectivity index is 2.73. The highest BCUT2D eigenvalue weighted by Gasteiger charge is 2.12. The summed E-state index contributed by atoms with van der Waals surface area (Å²) in [6.07, 6.45) is 5.20. The Morgan fingerprint density at radius 2 is 2.05 bits per heavy atom. The van der Waals surface area contributed by atoms with Gasteiger partial charge in [-0.3, -0.25) is 4.79 Å². The SMILES string of the molecule is C=CC(=O)C[C@H](/C=C/C)NS(=O)c1ccc(C)cc1. The molecule has 0 aliphatic rings. The van der Waals surface area contributed by atoms with Crippen molar-refractivity contribution in [3.63, 3.8) is 0 Å². The molecule has 1 aromatic carbocycles. The van der Waals surface area contributed by atoms with Gasteiger partial charge in [0.15, 0.2) is 5.78 Å². The number of carbonyl (C=O) groups excluding carboxylic acids is 1. The largest absolute Gasteiger partial charge is 0.295 e. The van der Waals surface area contributed by atoms with Crippen molar-refractivity contribution in [2.24, 2.45) is 0 Å². The Bertz CT molecular complexity index is 491. The average molecular weight is 277 g/mol. The van der Waals surface area contributed by atoms with Crippen LogP contribution in [0.1, 0.15) is 18.9 Å². The molecule has 0 saturated carbocycles. The van der Waals surface area contributed by atoms with E-state index >= 15 is 0 Å². The van der Waals surface area contributed by atoms with Crippen LogP contribution in [-0.2, 0) is 15.8 Å². The molecule has 1 rings (SSSR count). The number of allylic oxidation sites excluding steroid dienone is 2. The van der Waals surface area contributed by atoms with Gasteiger partial charge >= 0.3 is 0 Å². The highest BCUT2D eigenvalue weighted by molar-refractivity contribution is 7.83. The summed E-state index contributed by atoms with van der Waals surface area (Å²) in [5.41, 5.74) is 1.12. The summed E-state index contributed by atoms with van der Waals surface area (Å²) in [4.78, 5) is 12.1. The van der Waals surface area contributed by atoms with E-state index in [1.165, 1.54) is 6.08 Å². The van der Waals surface area contributed by atoms with Crippen molar-refractivity contribution in [2.75, 3.05) is 0 Å². The van der Waals surface area contributed by atoms with E-state index in [9.17, 15) is 9.00 Å². The normalized spacial score (nSPS) is 14.2. The third kappa shape index (κ3) is 5.32. The molecule has 4 heteroatoms. The molecule has 2 atom stereocenters. The Morgan fingerprint density at radius 1 is 1.42 bits per heavy atom. The van der Waals surface area contributed by atoms with Crippen molar-refractivity contribution in [1.82, 2.24) is 4.72 Å². The average Bonchev–Trinajstić information content (AvgIpc) is 2.39. The molecule has 19 heavy (non-hydrogen) atoms. The lowest BCUT2D eigenvalue weighted by Gasteiger charge is -2.13. The molecule has 102 valence electrons. The molecule has 0 fully saturated rings. The van der Waals surface area contributed by atoms with Crippen LogP contribution in [0.25, 0.3) is 0 Å². The van der Waals surface area contributed by atoms with Crippen LogP contribution in [0, 0.1) is 6.92 Å². The van der Waals surface area contributed by atoms with Gasteiger partial charge in [-0.15, -0.1) is 0 Å². The predicted octanol–water partition coefficient (Wildman–Crippen LogP) is 2.70. The van der Waals surface area contributed by atoms with Crippen molar-refractivity contribution >= 4 is 16.8 Å². The fourth-order valence-corrected chi connectivity index (χ4v) is 2.51. The van der Waals surface area contributed by atoms with E-state index in [0.29, 0.717) is 4.90 Å². The number of hydrogen-bond acceptors (Lipinski definition) is 2. The molecule has 3 nitrogen and oxygen atoms in total. The van der Waals surface area contributed by atoms with E-state index < -0.39 is 11.0 Å². The van der Waals surface area contributed by atoms with Gasteiger partial charge in [-0.25, -0.2) is 8.93 Å². The predicted molar refractivity (Wildman–Crippen MR) is 79.1 cm³/mol. The van der Waals surface area contributed by atoms with Gasteiger partial charge in [-0.05, 0) is 32.1 Å².